The molecule has 0 N–H and O–H groups in total. The summed E-state index contributed by atoms with van der Waals surface area (Å²) >= 11 is 0. The first-order valence-corrected chi connectivity index (χ1v) is 13.2. The largest absolute Gasteiger partial charge is 0.423 e. The zero-order valence-electron chi connectivity index (χ0n) is 21.2. The molecule has 2 aromatic carbocycles. The lowest BCUT2D eigenvalue weighted by Crippen LogP contribution is -2.11. The number of aromatic nitrogens is 1. The van der Waals surface area contributed by atoms with E-state index in [2.05, 4.69) is 24.9 Å². The lowest BCUT2D eigenvalue weighted by molar-refractivity contribution is 0.0730. The summed E-state index contributed by atoms with van der Waals surface area (Å²) in [6.07, 6.45) is 15.0. The number of ether oxygens (including phenoxy) is 1. The van der Waals surface area contributed by atoms with E-state index >= 15 is 0 Å². The lowest BCUT2D eigenvalue weighted by Gasteiger charge is -2.08. The van der Waals surface area contributed by atoms with Gasteiger partial charge in [0.25, 0.3) is 0 Å². The molecule has 1 aromatic heterocycles. The molecule has 3 aromatic rings. The summed E-state index contributed by atoms with van der Waals surface area (Å²) in [5.74, 6) is -0.852. The summed E-state index contributed by atoms with van der Waals surface area (Å²) in [5, 5.41) is 0. The van der Waals surface area contributed by atoms with Crippen LogP contribution in [-0.2, 0) is 12.8 Å². The third kappa shape index (κ3) is 8.61. The average Bonchev–Trinajstić information content (AvgIpc) is 2.88. The van der Waals surface area contributed by atoms with Crippen molar-refractivity contribution >= 4 is 5.97 Å². The van der Waals surface area contributed by atoms with Crippen LogP contribution in [-0.4, -0.2) is 11.0 Å². The maximum absolute atomic E-state index is 14.4. The molecule has 0 spiro atoms. The van der Waals surface area contributed by atoms with Crippen molar-refractivity contribution in [3.8, 4) is 17.0 Å². The number of carbonyl (C=O) groups excluding carboxylic acids is 1. The van der Waals surface area contributed by atoms with E-state index in [1.165, 1.54) is 62.6 Å². The van der Waals surface area contributed by atoms with Gasteiger partial charge in [0.15, 0.2) is 0 Å². The fraction of sp³-hybridized carbons (Fsp3) is 0.419. The molecule has 186 valence electrons. The van der Waals surface area contributed by atoms with E-state index in [0.717, 1.165) is 42.5 Å². The molecule has 1 heterocycles. The second kappa shape index (κ2) is 14.4. The summed E-state index contributed by atoms with van der Waals surface area (Å²) in [6.45, 7) is 4.34. The van der Waals surface area contributed by atoms with Crippen molar-refractivity contribution < 1.29 is 13.9 Å². The van der Waals surface area contributed by atoms with Crippen LogP contribution in [0.1, 0.15) is 93.1 Å². The molecule has 0 radical (unpaired) electrons. The Morgan fingerprint density at radius 3 is 2.09 bits per heavy atom. The second-order valence-electron chi connectivity index (χ2n) is 9.25. The fourth-order valence-corrected chi connectivity index (χ4v) is 4.15. The number of unbranched alkanes of at least 4 members (excludes halogenated alkanes) is 7. The number of esters is 1. The van der Waals surface area contributed by atoms with Crippen molar-refractivity contribution in [2.24, 2.45) is 0 Å². The number of pyridine rings is 1. The van der Waals surface area contributed by atoms with Gasteiger partial charge in [-0.3, -0.25) is 4.98 Å². The number of halogens is 1. The maximum Gasteiger partial charge on any atom is 0.346 e. The highest BCUT2D eigenvalue weighted by atomic mass is 19.1. The Bertz CT molecular complexity index is 1040. The van der Waals surface area contributed by atoms with Gasteiger partial charge in [-0.1, -0.05) is 70.9 Å². The van der Waals surface area contributed by atoms with Crippen molar-refractivity contribution in [3.05, 3.63) is 83.3 Å². The summed E-state index contributed by atoms with van der Waals surface area (Å²) in [4.78, 5) is 17.1. The van der Waals surface area contributed by atoms with Crippen LogP contribution < -0.4 is 4.74 Å². The van der Waals surface area contributed by atoms with Gasteiger partial charge in [-0.05, 0) is 79.3 Å². The van der Waals surface area contributed by atoms with Gasteiger partial charge in [0, 0.05) is 11.8 Å². The normalized spacial score (nSPS) is 10.9. The molecular weight excluding hydrogens is 437 g/mol. The Hall–Kier alpha value is -3.01. The lowest BCUT2D eigenvalue weighted by atomic mass is 10.0. The quantitative estimate of drug-likeness (QED) is 0.133. The summed E-state index contributed by atoms with van der Waals surface area (Å²) < 4.78 is 19.8. The van der Waals surface area contributed by atoms with E-state index in [0.29, 0.717) is 5.75 Å². The number of hydrogen-bond acceptors (Lipinski definition) is 3. The molecule has 4 heteroatoms. The van der Waals surface area contributed by atoms with Crippen LogP contribution in [0.3, 0.4) is 0 Å². The van der Waals surface area contributed by atoms with E-state index in [4.69, 9.17) is 4.74 Å². The van der Waals surface area contributed by atoms with Crippen molar-refractivity contribution in [1.29, 1.82) is 0 Å². The molecule has 3 nitrogen and oxygen atoms in total. The van der Waals surface area contributed by atoms with Gasteiger partial charge in [-0.25, -0.2) is 9.18 Å². The molecule has 0 saturated heterocycles. The molecule has 35 heavy (non-hydrogen) atoms. The van der Waals surface area contributed by atoms with Gasteiger partial charge in [0.1, 0.15) is 11.6 Å². The first-order chi connectivity index (χ1) is 17.1. The number of nitrogens with zero attached hydrogens (tertiary/aromatic N) is 1. The second-order valence-corrected chi connectivity index (χ2v) is 9.25. The van der Waals surface area contributed by atoms with Gasteiger partial charge in [0.2, 0.25) is 0 Å². The highest BCUT2D eigenvalue weighted by Crippen LogP contribution is 2.23. The Morgan fingerprint density at radius 2 is 1.43 bits per heavy atom. The van der Waals surface area contributed by atoms with Crippen LogP contribution in [0.4, 0.5) is 4.39 Å². The molecule has 0 aliphatic rings. The Kier molecular flexibility index (Phi) is 10.9. The minimum Gasteiger partial charge on any atom is -0.423 e. The van der Waals surface area contributed by atoms with Crippen molar-refractivity contribution in [1.82, 2.24) is 4.98 Å². The molecule has 0 atom stereocenters. The van der Waals surface area contributed by atoms with E-state index in [-0.39, 0.29) is 5.56 Å². The number of hydrogen-bond donors (Lipinski definition) is 0. The minimum atomic E-state index is -0.690. The van der Waals surface area contributed by atoms with Gasteiger partial charge in [-0.2, -0.15) is 0 Å². The predicted molar refractivity (Wildman–Crippen MR) is 141 cm³/mol. The molecule has 0 bridgehead atoms. The van der Waals surface area contributed by atoms with Crippen molar-refractivity contribution in [2.45, 2.75) is 84.5 Å². The average molecular weight is 476 g/mol. The molecule has 0 unspecified atom stereocenters. The highest BCUT2D eigenvalue weighted by Gasteiger charge is 2.15. The van der Waals surface area contributed by atoms with E-state index < -0.39 is 11.8 Å². The third-order valence-electron chi connectivity index (χ3n) is 6.33. The third-order valence-corrected chi connectivity index (χ3v) is 6.33. The molecule has 0 aliphatic heterocycles. The molecule has 0 amide bonds. The first kappa shape index (κ1) is 26.6. The number of carbonyl (C=O) groups is 1. The first-order valence-electron chi connectivity index (χ1n) is 13.2. The van der Waals surface area contributed by atoms with Gasteiger partial charge < -0.3 is 4.74 Å². The highest BCUT2D eigenvalue weighted by molar-refractivity contribution is 5.91. The van der Waals surface area contributed by atoms with Crippen LogP contribution in [0.25, 0.3) is 11.3 Å². The summed E-state index contributed by atoms with van der Waals surface area (Å²) in [6, 6.07) is 16.1. The zero-order chi connectivity index (χ0) is 24.9. The summed E-state index contributed by atoms with van der Waals surface area (Å²) in [7, 11) is 0. The van der Waals surface area contributed by atoms with E-state index in [9.17, 15) is 9.18 Å². The molecular formula is C31H38FNO2. The van der Waals surface area contributed by atoms with Gasteiger partial charge in [-0.15, -0.1) is 0 Å². The van der Waals surface area contributed by atoms with Crippen LogP contribution in [0.2, 0.25) is 0 Å². The van der Waals surface area contributed by atoms with E-state index in [1.54, 1.807) is 18.2 Å². The van der Waals surface area contributed by atoms with Gasteiger partial charge >= 0.3 is 5.97 Å². The fourth-order valence-electron chi connectivity index (χ4n) is 4.15. The number of aryl methyl sites for hydroxylation is 2. The van der Waals surface area contributed by atoms with E-state index in [1.807, 2.05) is 24.4 Å². The smallest absolute Gasteiger partial charge is 0.346 e. The molecule has 3 rings (SSSR count). The predicted octanol–water partition coefficient (Wildman–Crippen LogP) is 8.74. The Balaban J connectivity index is 1.50. The zero-order valence-corrected chi connectivity index (χ0v) is 21.2. The Morgan fingerprint density at radius 1 is 0.771 bits per heavy atom. The Labute approximate surface area is 209 Å². The number of benzene rings is 2. The van der Waals surface area contributed by atoms with Crippen LogP contribution in [0.15, 0.2) is 60.8 Å². The van der Waals surface area contributed by atoms with Crippen molar-refractivity contribution in [3.63, 3.8) is 0 Å². The monoisotopic (exact) mass is 475 g/mol. The van der Waals surface area contributed by atoms with Crippen LogP contribution >= 0.6 is 0 Å². The van der Waals surface area contributed by atoms with Crippen LogP contribution in [0.5, 0.6) is 5.75 Å². The topological polar surface area (TPSA) is 39.2 Å². The SMILES string of the molecule is CCCCCCCCCc1ccc(-c2ccc(OC(=O)c3ccc(CCCC)cc3F)cc2)nc1. The maximum atomic E-state index is 14.4. The standard InChI is InChI=1S/C31H38FNO2/c1-3-5-7-8-9-10-11-13-25-15-21-30(33-23-25)26-16-18-27(19-17-26)35-31(34)28-20-14-24(12-6-4-2)22-29(28)32/h14-23H,3-13H2,1-2H3. The molecule has 0 saturated carbocycles. The molecule has 0 fully saturated rings. The minimum absolute atomic E-state index is 0.0486. The summed E-state index contributed by atoms with van der Waals surface area (Å²) in [5.41, 5.74) is 3.92. The number of rotatable bonds is 14. The van der Waals surface area contributed by atoms with Crippen LogP contribution in [0, 0.1) is 5.82 Å². The van der Waals surface area contributed by atoms with Crippen molar-refractivity contribution in [2.75, 3.05) is 0 Å². The van der Waals surface area contributed by atoms with Gasteiger partial charge in [0.05, 0.1) is 11.3 Å². The molecule has 0 aliphatic carbocycles.